The van der Waals surface area contributed by atoms with E-state index in [1.165, 1.54) is 160 Å². The minimum atomic E-state index is 0.623. The Kier molecular flexibility index (Phi) is 21.7. The number of hydrogen-bond acceptors (Lipinski definition) is 0. The number of nitrogens with one attached hydrogen (secondary N) is 1. The van der Waals surface area contributed by atoms with Gasteiger partial charge in [-0.2, -0.15) is 0 Å². The number of aromatic amines is 1. The Morgan fingerprint density at radius 1 is 0.543 bits per heavy atom. The summed E-state index contributed by atoms with van der Waals surface area (Å²) in [6, 6.07) is 0.623. The Bertz CT molecular complexity index is 549. The van der Waals surface area contributed by atoms with Gasteiger partial charge in [-0.15, -0.1) is 0 Å². The maximum atomic E-state index is 3.66. The zero-order chi connectivity index (χ0) is 25.4. The summed E-state index contributed by atoms with van der Waals surface area (Å²) in [4.78, 5) is 3.66. The summed E-state index contributed by atoms with van der Waals surface area (Å²) in [7, 11) is 0. The molecule has 206 valence electrons. The van der Waals surface area contributed by atoms with E-state index in [1.54, 1.807) is 0 Å². The normalized spacial score (nSPS) is 13.4. The first-order valence-electron chi connectivity index (χ1n) is 16.3. The zero-order valence-electron chi connectivity index (χ0n) is 24.7. The van der Waals surface area contributed by atoms with E-state index in [-0.39, 0.29) is 0 Å². The quantitative estimate of drug-likeness (QED) is 0.0985. The summed E-state index contributed by atoms with van der Waals surface area (Å²) in [5, 5.41) is 0. The van der Waals surface area contributed by atoms with Crippen LogP contribution in [-0.4, -0.2) is 4.98 Å². The maximum absolute atomic E-state index is 3.66. The van der Waals surface area contributed by atoms with Gasteiger partial charge >= 0.3 is 0 Å². The molecule has 0 saturated heterocycles. The standard InChI is InChI=1S/C33H64N2/c1-5-8-11-13-14-15-16-17-18-19-20-21-23-24-26-31(4)35-30-29-34-33(35)32(27-10-7-3)28-25-22-12-9-6-2/h29-32H,5-28H2,1-4H3/p+1. The zero-order valence-corrected chi connectivity index (χ0v) is 24.7. The molecule has 2 atom stereocenters. The van der Waals surface area contributed by atoms with Crippen LogP contribution in [-0.2, 0) is 0 Å². The second-order valence-electron chi connectivity index (χ2n) is 11.5. The Balaban J connectivity index is 2.20. The summed E-state index contributed by atoms with van der Waals surface area (Å²) < 4.78 is 2.59. The van der Waals surface area contributed by atoms with E-state index in [0.29, 0.717) is 12.0 Å². The van der Waals surface area contributed by atoms with Crippen molar-refractivity contribution in [3.8, 4) is 0 Å². The maximum Gasteiger partial charge on any atom is 0.257 e. The fourth-order valence-electron chi connectivity index (χ4n) is 5.71. The summed E-state index contributed by atoms with van der Waals surface area (Å²) >= 11 is 0. The number of nitrogens with zero attached hydrogens (tertiary/aromatic N) is 1. The van der Waals surface area contributed by atoms with E-state index in [9.17, 15) is 0 Å². The molecule has 0 bridgehead atoms. The predicted molar refractivity (Wildman–Crippen MR) is 156 cm³/mol. The fourth-order valence-corrected chi connectivity index (χ4v) is 5.71. The van der Waals surface area contributed by atoms with E-state index in [4.69, 9.17) is 0 Å². The SMILES string of the molecule is CCCCCCCCCCCCCCCCC(C)[n+]1cc[nH]c1C(CCCC)CCCCCCC. The first-order chi connectivity index (χ1) is 17.2. The van der Waals surface area contributed by atoms with Crippen LogP contribution >= 0.6 is 0 Å². The molecular weight excluding hydrogens is 424 g/mol. The predicted octanol–water partition coefficient (Wildman–Crippen LogP) is 11.4. The molecular formula is C33H65N2+. The minimum Gasteiger partial charge on any atom is -0.247 e. The summed E-state index contributed by atoms with van der Waals surface area (Å²) in [5.41, 5.74) is 0. The van der Waals surface area contributed by atoms with E-state index in [0.717, 1.165) is 0 Å². The van der Waals surface area contributed by atoms with E-state index in [1.807, 2.05) is 0 Å². The molecule has 0 saturated carbocycles. The molecule has 0 aromatic carbocycles. The van der Waals surface area contributed by atoms with Gasteiger partial charge in [0.1, 0.15) is 12.4 Å². The second kappa shape index (κ2) is 23.6. The lowest BCUT2D eigenvalue weighted by molar-refractivity contribution is -0.727. The molecule has 1 aromatic heterocycles. The minimum absolute atomic E-state index is 0.623. The van der Waals surface area contributed by atoms with Crippen molar-refractivity contribution >= 4 is 0 Å². The van der Waals surface area contributed by atoms with Gasteiger partial charge in [0.15, 0.2) is 0 Å². The van der Waals surface area contributed by atoms with Gasteiger partial charge in [0.05, 0.1) is 12.0 Å². The van der Waals surface area contributed by atoms with Gasteiger partial charge in [0, 0.05) is 0 Å². The van der Waals surface area contributed by atoms with Crippen LogP contribution in [0.4, 0.5) is 0 Å². The van der Waals surface area contributed by atoms with Crippen molar-refractivity contribution in [2.45, 2.75) is 194 Å². The molecule has 0 spiro atoms. The highest BCUT2D eigenvalue weighted by Gasteiger charge is 2.25. The van der Waals surface area contributed by atoms with Crippen molar-refractivity contribution in [2.75, 3.05) is 0 Å². The summed E-state index contributed by atoms with van der Waals surface area (Å²) in [6.07, 6.45) is 38.3. The van der Waals surface area contributed by atoms with Gasteiger partial charge in [0.25, 0.3) is 5.82 Å². The van der Waals surface area contributed by atoms with Crippen LogP contribution in [0.25, 0.3) is 0 Å². The highest BCUT2D eigenvalue weighted by molar-refractivity contribution is 4.90. The molecule has 2 nitrogen and oxygen atoms in total. The smallest absolute Gasteiger partial charge is 0.247 e. The third-order valence-corrected chi connectivity index (χ3v) is 8.14. The first kappa shape index (κ1) is 32.2. The van der Waals surface area contributed by atoms with Gasteiger partial charge in [-0.1, -0.05) is 149 Å². The molecule has 0 aliphatic rings. The lowest BCUT2D eigenvalue weighted by atomic mass is 9.93. The van der Waals surface area contributed by atoms with Crippen molar-refractivity contribution in [1.82, 2.24) is 4.98 Å². The van der Waals surface area contributed by atoms with Gasteiger partial charge < -0.3 is 0 Å². The van der Waals surface area contributed by atoms with E-state index >= 15 is 0 Å². The molecule has 0 radical (unpaired) electrons. The van der Waals surface area contributed by atoms with Crippen molar-refractivity contribution in [3.05, 3.63) is 18.2 Å². The average Bonchev–Trinajstić information content (AvgIpc) is 3.36. The molecule has 2 unspecified atom stereocenters. The molecule has 35 heavy (non-hydrogen) atoms. The lowest BCUT2D eigenvalue weighted by Gasteiger charge is -2.17. The summed E-state index contributed by atoms with van der Waals surface area (Å²) in [5.74, 6) is 2.22. The first-order valence-corrected chi connectivity index (χ1v) is 16.3. The van der Waals surface area contributed by atoms with Crippen LogP contribution in [0.5, 0.6) is 0 Å². The molecule has 0 aliphatic heterocycles. The number of rotatable bonds is 26. The summed E-state index contributed by atoms with van der Waals surface area (Å²) in [6.45, 7) is 9.39. The molecule has 1 rings (SSSR count). The van der Waals surface area contributed by atoms with Gasteiger partial charge in [0.2, 0.25) is 0 Å². The van der Waals surface area contributed by atoms with Crippen LogP contribution < -0.4 is 4.57 Å². The molecule has 1 aromatic rings. The van der Waals surface area contributed by atoms with Crippen molar-refractivity contribution < 1.29 is 4.57 Å². The third kappa shape index (κ3) is 16.6. The largest absolute Gasteiger partial charge is 0.257 e. The number of imidazole rings is 1. The van der Waals surface area contributed by atoms with Crippen LogP contribution in [0.2, 0.25) is 0 Å². The molecule has 1 heterocycles. The highest BCUT2D eigenvalue weighted by Crippen LogP contribution is 2.26. The number of H-pyrrole nitrogens is 1. The molecule has 0 aliphatic carbocycles. The van der Waals surface area contributed by atoms with Gasteiger partial charge in [-0.05, 0) is 32.6 Å². The Morgan fingerprint density at radius 2 is 0.943 bits per heavy atom. The Labute approximate surface area is 221 Å². The highest BCUT2D eigenvalue weighted by atomic mass is 15.1. The number of aromatic nitrogens is 2. The van der Waals surface area contributed by atoms with Crippen molar-refractivity contribution in [2.24, 2.45) is 0 Å². The van der Waals surface area contributed by atoms with E-state index < -0.39 is 0 Å². The van der Waals surface area contributed by atoms with Crippen LogP contribution in [0.15, 0.2) is 12.4 Å². The van der Waals surface area contributed by atoms with Gasteiger partial charge in [-0.3, -0.25) is 0 Å². The second-order valence-corrected chi connectivity index (χ2v) is 11.5. The van der Waals surface area contributed by atoms with Gasteiger partial charge in [-0.25, -0.2) is 9.55 Å². The fraction of sp³-hybridized carbons (Fsp3) is 0.909. The number of hydrogen-bond donors (Lipinski definition) is 1. The molecule has 0 fully saturated rings. The van der Waals surface area contributed by atoms with Crippen LogP contribution in [0.3, 0.4) is 0 Å². The molecule has 2 heteroatoms. The average molecular weight is 490 g/mol. The molecule has 0 amide bonds. The van der Waals surface area contributed by atoms with Crippen molar-refractivity contribution in [1.29, 1.82) is 0 Å². The van der Waals surface area contributed by atoms with Crippen molar-refractivity contribution in [3.63, 3.8) is 0 Å². The van der Waals surface area contributed by atoms with Crippen LogP contribution in [0.1, 0.15) is 200 Å². The van der Waals surface area contributed by atoms with Crippen LogP contribution in [0, 0.1) is 0 Å². The lowest BCUT2D eigenvalue weighted by Crippen LogP contribution is -2.41. The number of unbranched alkanes of at least 4 members (excludes halogenated alkanes) is 18. The topological polar surface area (TPSA) is 19.7 Å². The monoisotopic (exact) mass is 490 g/mol. The third-order valence-electron chi connectivity index (χ3n) is 8.14. The Hall–Kier alpha value is -0.790. The molecule has 1 N–H and O–H groups in total. The Morgan fingerprint density at radius 3 is 1.43 bits per heavy atom. The van der Waals surface area contributed by atoms with E-state index in [2.05, 4.69) is 49.6 Å².